The van der Waals surface area contributed by atoms with Crippen molar-refractivity contribution in [3.8, 4) is 11.4 Å². The summed E-state index contributed by atoms with van der Waals surface area (Å²) >= 11 is 0. The minimum absolute atomic E-state index is 0.193. The van der Waals surface area contributed by atoms with E-state index in [1.807, 2.05) is 0 Å². The van der Waals surface area contributed by atoms with Crippen LogP contribution in [0.3, 0.4) is 0 Å². The number of benzene rings is 1. The van der Waals surface area contributed by atoms with E-state index in [0.29, 0.717) is 11.9 Å². The van der Waals surface area contributed by atoms with Crippen LogP contribution in [0.15, 0.2) is 42.5 Å². The number of aldehydes is 1. The van der Waals surface area contributed by atoms with Gasteiger partial charge in [-0.3, -0.25) is 9.20 Å². The lowest BCUT2D eigenvalue weighted by molar-refractivity contribution is -0.137. The minimum Gasteiger partial charge on any atom is -0.296 e. The maximum Gasteiger partial charge on any atom is 0.416 e. The van der Waals surface area contributed by atoms with Crippen molar-refractivity contribution in [3.63, 3.8) is 0 Å². The molecule has 2 aromatic heterocycles. The van der Waals surface area contributed by atoms with E-state index < -0.39 is 11.7 Å². The highest BCUT2D eigenvalue weighted by molar-refractivity contribution is 5.76. The number of alkyl halides is 3. The Labute approximate surface area is 116 Å². The van der Waals surface area contributed by atoms with Crippen LogP contribution in [0.2, 0.25) is 0 Å². The van der Waals surface area contributed by atoms with Gasteiger partial charge in [-0.15, -0.1) is 10.2 Å². The van der Waals surface area contributed by atoms with Gasteiger partial charge in [0.05, 0.1) is 11.3 Å². The molecule has 0 aliphatic carbocycles. The van der Waals surface area contributed by atoms with E-state index in [1.54, 1.807) is 18.2 Å². The zero-order valence-electron chi connectivity index (χ0n) is 10.5. The normalized spacial score (nSPS) is 11.8. The average molecular weight is 291 g/mol. The SMILES string of the molecule is O=Cc1cccc2nnc(-c3cccc(C(F)(F)F)c3)n12. The number of carbonyl (C=O) groups excluding carboxylic acids is 1. The fourth-order valence-corrected chi connectivity index (χ4v) is 2.08. The van der Waals surface area contributed by atoms with Crippen LogP contribution in [-0.2, 0) is 6.18 Å². The summed E-state index contributed by atoms with van der Waals surface area (Å²) < 4.78 is 39.7. The molecule has 0 radical (unpaired) electrons. The van der Waals surface area contributed by atoms with E-state index in [-0.39, 0.29) is 17.1 Å². The van der Waals surface area contributed by atoms with E-state index in [1.165, 1.54) is 16.5 Å². The van der Waals surface area contributed by atoms with Crippen LogP contribution in [0.4, 0.5) is 13.2 Å². The molecule has 7 heteroatoms. The van der Waals surface area contributed by atoms with E-state index in [0.717, 1.165) is 12.1 Å². The summed E-state index contributed by atoms with van der Waals surface area (Å²) in [6.07, 6.45) is -3.84. The van der Waals surface area contributed by atoms with Gasteiger partial charge in [0, 0.05) is 5.56 Å². The van der Waals surface area contributed by atoms with Crippen molar-refractivity contribution in [1.82, 2.24) is 14.6 Å². The standard InChI is InChI=1S/C14H8F3N3O/c15-14(16,17)10-4-1-3-9(7-10)13-19-18-12-6-2-5-11(8-21)20(12)13/h1-8H. The molecule has 0 atom stereocenters. The van der Waals surface area contributed by atoms with Crippen molar-refractivity contribution in [2.75, 3.05) is 0 Å². The van der Waals surface area contributed by atoms with Gasteiger partial charge in [0.15, 0.2) is 17.8 Å². The Hall–Kier alpha value is -2.70. The van der Waals surface area contributed by atoms with E-state index >= 15 is 0 Å². The minimum atomic E-state index is -4.44. The molecule has 0 amide bonds. The summed E-state index contributed by atoms with van der Waals surface area (Å²) in [6.45, 7) is 0. The third-order valence-electron chi connectivity index (χ3n) is 3.03. The Kier molecular flexibility index (Phi) is 2.97. The molecule has 4 nitrogen and oxygen atoms in total. The van der Waals surface area contributed by atoms with Crippen molar-refractivity contribution >= 4 is 11.9 Å². The molecule has 0 bridgehead atoms. The maximum absolute atomic E-state index is 12.8. The molecule has 21 heavy (non-hydrogen) atoms. The topological polar surface area (TPSA) is 47.3 Å². The van der Waals surface area contributed by atoms with Crippen LogP contribution in [0, 0.1) is 0 Å². The lowest BCUT2D eigenvalue weighted by Crippen LogP contribution is -2.05. The highest BCUT2D eigenvalue weighted by Crippen LogP contribution is 2.31. The predicted molar refractivity (Wildman–Crippen MR) is 68.8 cm³/mol. The van der Waals surface area contributed by atoms with Gasteiger partial charge in [-0.2, -0.15) is 13.2 Å². The molecule has 0 fully saturated rings. The third kappa shape index (κ3) is 2.26. The zero-order valence-corrected chi connectivity index (χ0v) is 10.5. The molecule has 0 unspecified atom stereocenters. The monoisotopic (exact) mass is 291 g/mol. The Balaban J connectivity index is 2.24. The molecule has 106 valence electrons. The molecule has 0 saturated carbocycles. The number of rotatable bonds is 2. The molecule has 0 N–H and O–H groups in total. The molecule has 0 aliphatic rings. The zero-order chi connectivity index (χ0) is 15.0. The fourth-order valence-electron chi connectivity index (χ4n) is 2.08. The van der Waals surface area contributed by atoms with Crippen LogP contribution in [0.25, 0.3) is 17.0 Å². The summed E-state index contributed by atoms with van der Waals surface area (Å²) in [4.78, 5) is 11.1. The predicted octanol–water partition coefficient (Wildman–Crippen LogP) is 3.23. The molecular formula is C14H8F3N3O. The van der Waals surface area contributed by atoms with E-state index in [4.69, 9.17) is 0 Å². The largest absolute Gasteiger partial charge is 0.416 e. The highest BCUT2D eigenvalue weighted by Gasteiger charge is 2.30. The van der Waals surface area contributed by atoms with Gasteiger partial charge >= 0.3 is 6.18 Å². The lowest BCUT2D eigenvalue weighted by Gasteiger charge is -2.08. The number of halogens is 3. The smallest absolute Gasteiger partial charge is 0.296 e. The Morgan fingerprint density at radius 2 is 1.81 bits per heavy atom. The number of pyridine rings is 1. The number of aromatic nitrogens is 3. The van der Waals surface area contributed by atoms with Crippen molar-refractivity contribution in [3.05, 3.63) is 53.7 Å². The molecule has 2 heterocycles. The molecule has 0 saturated heterocycles. The Bertz CT molecular complexity index is 824. The Morgan fingerprint density at radius 1 is 1.05 bits per heavy atom. The second-order valence-electron chi connectivity index (χ2n) is 4.36. The average Bonchev–Trinajstić information content (AvgIpc) is 2.90. The van der Waals surface area contributed by atoms with Crippen LogP contribution in [-0.4, -0.2) is 20.9 Å². The number of fused-ring (bicyclic) bond motifs is 1. The van der Waals surface area contributed by atoms with E-state index in [9.17, 15) is 18.0 Å². The van der Waals surface area contributed by atoms with Crippen LogP contribution in [0.5, 0.6) is 0 Å². The summed E-state index contributed by atoms with van der Waals surface area (Å²) in [5.41, 5.74) is 0.129. The van der Waals surface area contributed by atoms with Crippen LogP contribution in [0.1, 0.15) is 16.1 Å². The van der Waals surface area contributed by atoms with Crippen molar-refractivity contribution in [1.29, 1.82) is 0 Å². The second-order valence-corrected chi connectivity index (χ2v) is 4.36. The molecule has 0 aliphatic heterocycles. The summed E-state index contributed by atoms with van der Waals surface area (Å²) in [5.74, 6) is 0.193. The first-order valence-corrected chi connectivity index (χ1v) is 5.97. The molecular weight excluding hydrogens is 283 g/mol. The van der Waals surface area contributed by atoms with Gasteiger partial charge in [0.1, 0.15) is 0 Å². The molecule has 3 aromatic rings. The first-order chi connectivity index (χ1) is 10.0. The number of nitrogens with zero attached hydrogens (tertiary/aromatic N) is 3. The summed E-state index contributed by atoms with van der Waals surface area (Å²) in [7, 11) is 0. The molecule has 0 spiro atoms. The highest BCUT2D eigenvalue weighted by atomic mass is 19.4. The second kappa shape index (κ2) is 4.69. The number of hydrogen-bond donors (Lipinski definition) is 0. The first kappa shape index (κ1) is 13.3. The van der Waals surface area contributed by atoms with Gasteiger partial charge < -0.3 is 0 Å². The fraction of sp³-hybridized carbons (Fsp3) is 0.0714. The van der Waals surface area contributed by atoms with Crippen LogP contribution < -0.4 is 0 Å². The van der Waals surface area contributed by atoms with Gasteiger partial charge in [-0.05, 0) is 24.3 Å². The molecule has 3 rings (SSSR count). The van der Waals surface area contributed by atoms with Gasteiger partial charge in [0.25, 0.3) is 0 Å². The summed E-state index contributed by atoms with van der Waals surface area (Å²) in [5, 5.41) is 7.75. The van der Waals surface area contributed by atoms with Crippen LogP contribution >= 0.6 is 0 Å². The number of carbonyl (C=O) groups is 1. The van der Waals surface area contributed by atoms with Gasteiger partial charge in [0.2, 0.25) is 0 Å². The first-order valence-electron chi connectivity index (χ1n) is 5.97. The maximum atomic E-state index is 12.8. The van der Waals surface area contributed by atoms with Gasteiger partial charge in [-0.25, -0.2) is 0 Å². The van der Waals surface area contributed by atoms with Crippen molar-refractivity contribution < 1.29 is 18.0 Å². The quantitative estimate of drug-likeness (QED) is 0.681. The summed E-state index contributed by atoms with van der Waals surface area (Å²) in [6, 6.07) is 9.54. The van der Waals surface area contributed by atoms with E-state index in [2.05, 4.69) is 10.2 Å². The van der Waals surface area contributed by atoms with Crippen molar-refractivity contribution in [2.45, 2.75) is 6.18 Å². The lowest BCUT2D eigenvalue weighted by atomic mass is 10.1. The number of hydrogen-bond acceptors (Lipinski definition) is 3. The Morgan fingerprint density at radius 3 is 2.52 bits per heavy atom. The van der Waals surface area contributed by atoms with Gasteiger partial charge in [-0.1, -0.05) is 18.2 Å². The molecule has 1 aromatic carbocycles. The van der Waals surface area contributed by atoms with Crippen molar-refractivity contribution in [2.24, 2.45) is 0 Å². The third-order valence-corrected chi connectivity index (χ3v) is 3.03.